The van der Waals surface area contributed by atoms with Crippen LogP contribution in [0.5, 0.6) is 0 Å². The Morgan fingerprint density at radius 3 is 1.11 bits per heavy atom. The minimum absolute atomic E-state index is 0.0119. The number of ketones is 4. The van der Waals surface area contributed by atoms with E-state index in [0.717, 1.165) is 12.8 Å². The van der Waals surface area contributed by atoms with Gasteiger partial charge in [-0.05, 0) is 281 Å². The molecule has 4 saturated heterocycles. The number of allylic oxidation sites excluding steroid dienone is 12. The molecule has 0 radical (unpaired) electrons. The first-order valence-corrected chi connectivity index (χ1v) is 54.2. The normalized spacial score (nSPS) is 39.1. The first-order chi connectivity index (χ1) is 64.9. The molecule has 0 aromatic heterocycles. The number of rotatable bonds is 16. The highest BCUT2D eigenvalue weighted by atomic mass is 32.2. The summed E-state index contributed by atoms with van der Waals surface area (Å²) >= 11 is 0. The average Bonchev–Trinajstić information content (AvgIpc) is 0.772. The number of ether oxygens (including phenoxy) is 8. The summed E-state index contributed by atoms with van der Waals surface area (Å²) in [5.74, 6) is -13.7. The Kier molecular flexibility index (Phi) is 47.5. The van der Waals surface area contributed by atoms with E-state index in [4.69, 9.17) is 37.9 Å². The summed E-state index contributed by atoms with van der Waals surface area (Å²) in [6.45, 7) is 32.6. The molecule has 30 atom stereocenters. The van der Waals surface area contributed by atoms with Gasteiger partial charge in [0.2, 0.25) is 31.6 Å². The number of fused-ring (bicyclic) bond motifs is 6. The second-order valence-corrected chi connectivity index (χ2v) is 47.0. The van der Waals surface area contributed by atoms with Crippen molar-refractivity contribution in [2.75, 3.05) is 41.5 Å². The molecule has 2 amide bonds. The molecule has 0 aromatic rings. The number of carbonyl (C=O) groups is 8. The highest BCUT2D eigenvalue weighted by Crippen LogP contribution is 2.42. The number of cyclic esters (lactones) is 2. The Morgan fingerprint density at radius 1 is 0.420 bits per heavy atom. The lowest BCUT2D eigenvalue weighted by molar-refractivity contribution is -0.264. The van der Waals surface area contributed by atoms with Crippen molar-refractivity contribution in [1.82, 2.24) is 19.2 Å². The number of nitrogens with one attached hydrogen (secondary N) is 2. The van der Waals surface area contributed by atoms with E-state index in [9.17, 15) is 85.8 Å². The smallest absolute Gasteiger partial charge is 0.329 e. The van der Waals surface area contributed by atoms with E-state index in [1.54, 1.807) is 108 Å². The van der Waals surface area contributed by atoms with Gasteiger partial charge in [-0.1, -0.05) is 153 Å². The topological polar surface area (TPSA) is 431 Å². The maximum absolute atomic E-state index is 14.5. The van der Waals surface area contributed by atoms with Crippen molar-refractivity contribution in [2.24, 2.45) is 71.0 Å². The van der Waals surface area contributed by atoms with Gasteiger partial charge in [0.25, 0.3) is 23.4 Å². The third kappa shape index (κ3) is 33.4. The van der Waals surface area contributed by atoms with Gasteiger partial charge < -0.3 is 78.3 Å². The van der Waals surface area contributed by atoms with Crippen molar-refractivity contribution in [2.45, 2.75) is 411 Å². The molecule has 784 valence electrons. The minimum atomic E-state index is -3.79. The molecular formula is C106H172N4O26S2. The molecule has 2 aliphatic carbocycles. The van der Waals surface area contributed by atoms with Gasteiger partial charge in [0.1, 0.15) is 48.7 Å². The summed E-state index contributed by atoms with van der Waals surface area (Å²) in [6, 6.07) is -3.74. The van der Waals surface area contributed by atoms with Crippen LogP contribution in [-0.2, 0) is 96.3 Å². The zero-order chi connectivity index (χ0) is 103. The van der Waals surface area contributed by atoms with E-state index >= 15 is 0 Å². The quantitative estimate of drug-likeness (QED) is 0.0404. The predicted octanol–water partition coefficient (Wildman–Crippen LogP) is 13.4. The average molecular weight is 1980 g/mol. The van der Waals surface area contributed by atoms with Gasteiger partial charge in [0.05, 0.1) is 47.1 Å². The Morgan fingerprint density at radius 2 is 0.775 bits per heavy atom. The minimum Gasteiger partial charge on any atom is -0.461 e. The number of aliphatic hydroxyl groups excluding tert-OH is 4. The van der Waals surface area contributed by atoms with Crippen molar-refractivity contribution < 1.29 is 124 Å². The summed E-state index contributed by atoms with van der Waals surface area (Å²) in [5.41, 5.74) is 2.46. The fourth-order valence-electron chi connectivity index (χ4n) is 21.1. The van der Waals surface area contributed by atoms with E-state index in [1.165, 1.54) is 24.0 Å². The van der Waals surface area contributed by atoms with Gasteiger partial charge in [-0.25, -0.2) is 35.9 Å². The van der Waals surface area contributed by atoms with E-state index in [1.807, 2.05) is 104 Å². The molecule has 0 spiro atoms. The predicted molar refractivity (Wildman–Crippen MR) is 530 cm³/mol. The largest absolute Gasteiger partial charge is 0.461 e. The fourth-order valence-corrected chi connectivity index (χ4v) is 23.0. The number of aliphatic hydroxyl groups is 6. The molecule has 0 aromatic carbocycles. The van der Waals surface area contributed by atoms with Gasteiger partial charge in [0, 0.05) is 77.3 Å². The Hall–Kier alpha value is -6.18. The monoisotopic (exact) mass is 1980 g/mol. The lowest BCUT2D eigenvalue weighted by Gasteiger charge is -2.43. The summed E-state index contributed by atoms with van der Waals surface area (Å²) < 4.78 is 106. The Labute approximate surface area is 824 Å². The van der Waals surface area contributed by atoms with E-state index in [-0.39, 0.29) is 110 Å². The maximum atomic E-state index is 14.5. The van der Waals surface area contributed by atoms with Crippen LogP contribution in [0.15, 0.2) is 95.2 Å². The molecular weight excluding hydrogens is 1810 g/mol. The van der Waals surface area contributed by atoms with Gasteiger partial charge in [-0.2, -0.15) is 0 Å². The van der Waals surface area contributed by atoms with E-state index < -0.39 is 186 Å². The molecule has 32 heteroatoms. The molecule has 2 saturated carbocycles. The third-order valence-corrected chi connectivity index (χ3v) is 34.1. The highest BCUT2D eigenvalue weighted by Gasteiger charge is 2.56. The number of sulfonamides is 2. The fraction of sp³-hybridized carbons (Fsp3) is 0.774. The lowest BCUT2D eigenvalue weighted by atomic mass is 9.78. The summed E-state index contributed by atoms with van der Waals surface area (Å²) in [6.07, 6.45) is 26.0. The first-order valence-electron chi connectivity index (χ1n) is 51.1. The number of Topliss-reactive ketones (excluding diaryl/α,β-unsaturated/α-hetero) is 4. The second-order valence-electron chi connectivity index (χ2n) is 42.5. The SMILES string of the molecule is CO[C@@H]1C[C@H](C[C@@H](C)[C@@H]2CC[C@H](C)/C=C(\C)[C@@H](O)[C@@H](OC)C(=O)[C@H](C)C[C@H](C)/C=C/C=C/C=C(\C)[C@@H](NS(=O)(=O)C(C)C)C[C@@H]3CC[C@@H](C)[C@@](O)(O3)C(=O)C(=O)N3CCCC[C@H]3C(=O)O2)CC[C@H]1O.CO[C@@H]1C[C@H](C[C@@H](C)[C@@H]2CC[C@H](C)/C=C(\C)[C@@H](O)[C@@H](OC)C(=O)[C@H](C)C[C@H](C)/C=C/C=C/C=C(\C)[C@H](NS(=O)(=O)C(C)C)C[C@@H]3CC[C@@H](C)[C@@](O)(O3)C(=O)C(=O)N3CCCC[C@H]3C(=O)O2)CC[C@H]1O. The molecule has 30 nitrogen and oxygen atoms in total. The van der Waals surface area contributed by atoms with Crippen LogP contribution in [-0.4, -0.2) is 265 Å². The number of esters is 2. The molecule has 138 heavy (non-hydrogen) atoms. The van der Waals surface area contributed by atoms with Gasteiger partial charge >= 0.3 is 11.9 Å². The summed E-state index contributed by atoms with van der Waals surface area (Å²) in [7, 11) is -1.56. The van der Waals surface area contributed by atoms with Crippen LogP contribution in [0.3, 0.4) is 0 Å². The van der Waals surface area contributed by atoms with Crippen molar-refractivity contribution >= 4 is 66.9 Å². The number of nitrogens with zero attached hydrogens (tertiary/aromatic N) is 2. The van der Waals surface area contributed by atoms with Gasteiger partial charge in [-0.3, -0.25) is 28.8 Å². The Balaban J connectivity index is 0.000000376. The molecule has 0 unspecified atom stereocenters. The van der Waals surface area contributed by atoms with Crippen molar-refractivity contribution in [3.8, 4) is 0 Å². The van der Waals surface area contributed by atoms with Gasteiger partial charge in [0.15, 0.2) is 11.6 Å². The van der Waals surface area contributed by atoms with E-state index in [0.29, 0.717) is 151 Å². The molecule has 8 rings (SSSR count). The maximum Gasteiger partial charge on any atom is 0.329 e. The second kappa shape index (κ2) is 55.2. The first kappa shape index (κ1) is 119. The number of amides is 2. The highest BCUT2D eigenvalue weighted by molar-refractivity contribution is 7.90. The Bertz CT molecular complexity index is 4210. The van der Waals surface area contributed by atoms with Crippen LogP contribution in [0.25, 0.3) is 0 Å². The van der Waals surface area contributed by atoms with Crippen LogP contribution in [0.4, 0.5) is 0 Å². The number of hydrogen-bond acceptors (Lipinski definition) is 26. The van der Waals surface area contributed by atoms with Crippen LogP contribution in [0.2, 0.25) is 0 Å². The third-order valence-electron chi connectivity index (χ3n) is 30.4. The van der Waals surface area contributed by atoms with Crippen LogP contribution >= 0.6 is 0 Å². The molecule has 8 N–H and O–H groups in total. The number of carbonyl (C=O) groups excluding carboxylic acids is 8. The van der Waals surface area contributed by atoms with E-state index in [2.05, 4.69) is 9.44 Å². The number of hydrogen-bond donors (Lipinski definition) is 8. The zero-order valence-electron chi connectivity index (χ0n) is 86.6. The summed E-state index contributed by atoms with van der Waals surface area (Å²) in [4.78, 5) is 116. The van der Waals surface area contributed by atoms with Crippen molar-refractivity contribution in [1.29, 1.82) is 0 Å². The van der Waals surface area contributed by atoms with Crippen LogP contribution in [0.1, 0.15) is 292 Å². The number of methoxy groups -OCH3 is 4. The van der Waals surface area contributed by atoms with Crippen LogP contribution in [0, 0.1) is 71.0 Å². The zero-order valence-corrected chi connectivity index (χ0v) is 88.2. The molecule has 8 aliphatic rings. The summed E-state index contributed by atoms with van der Waals surface area (Å²) in [5, 5.41) is 66.7. The van der Waals surface area contributed by atoms with Crippen LogP contribution < -0.4 is 9.44 Å². The van der Waals surface area contributed by atoms with Crippen molar-refractivity contribution in [3.63, 3.8) is 0 Å². The number of piperidine rings is 2. The van der Waals surface area contributed by atoms with Gasteiger partial charge in [-0.15, -0.1) is 0 Å². The molecule has 6 heterocycles. The lowest BCUT2D eigenvalue weighted by Crippen LogP contribution is -2.61. The molecule has 6 aliphatic heterocycles. The van der Waals surface area contributed by atoms with Crippen molar-refractivity contribution in [3.05, 3.63) is 95.2 Å². The standard InChI is InChI=1S/2C53H86N2O13S/c2*1-32(2)69(63,64)54-42-31-41-23-21-39(9)53(62,68-41)50(59)51(60)55-26-16-15-19-43(55)52(61)67-45(36(6)29-40-22-24-44(56)46(30-40)65-10)25-20-34(4)28-38(8)48(58)49(66-11)47(57)37(7)27-33(3)17-13-12-14-18-35(42)5/h2*12-14,17-18,28,32-34,36-37,39-46,48-49,54,56,58,62H,15-16,19-27,29-31H2,1-11H3/b2*14-12+,17-13+,35-18+,38-28+/t33-,34+,36-,37-,39-,40+,41+,42+,43+,44-,45+,46-,48-,49+,53-;33-,34+,36-,37-,39-,40+,41+,42-,43+,44-,45+,46-,48-,49+,53-/m11/s1. The molecule has 6 fully saturated rings. The molecule has 4 bridgehead atoms.